The van der Waals surface area contributed by atoms with Crippen molar-refractivity contribution in [3.8, 4) is 0 Å². The Morgan fingerprint density at radius 2 is 1.97 bits per heavy atom. The third-order valence-electron chi connectivity index (χ3n) is 6.31. The fraction of sp³-hybridized carbons (Fsp3) is 0.500. The van der Waals surface area contributed by atoms with Crippen LogP contribution in [0.3, 0.4) is 0 Å². The van der Waals surface area contributed by atoms with E-state index in [1.165, 1.54) is 17.7 Å². The lowest BCUT2D eigenvalue weighted by atomic mass is 9.91. The summed E-state index contributed by atoms with van der Waals surface area (Å²) in [6.45, 7) is 4.94. The maximum Gasteiger partial charge on any atom is 0.211 e. The maximum absolute atomic E-state index is 4.90. The van der Waals surface area contributed by atoms with E-state index in [1.54, 1.807) is 0 Å². The molecule has 1 aliphatic heterocycles. The Morgan fingerprint density at radius 3 is 2.83 bits per heavy atom. The van der Waals surface area contributed by atoms with Crippen LogP contribution < -0.4 is 4.90 Å². The molecule has 0 saturated carbocycles. The van der Waals surface area contributed by atoms with E-state index in [1.807, 2.05) is 18.5 Å². The average molecular weight is 392 g/mol. The van der Waals surface area contributed by atoms with Gasteiger partial charge in [0.05, 0.1) is 17.4 Å². The molecule has 7 heteroatoms. The largest absolute Gasteiger partial charge is 0.339 e. The molecule has 1 unspecified atom stereocenters. The van der Waals surface area contributed by atoms with E-state index in [0.29, 0.717) is 6.04 Å². The Morgan fingerprint density at radius 1 is 1.10 bits per heavy atom. The van der Waals surface area contributed by atoms with Crippen molar-refractivity contribution in [1.29, 1.82) is 0 Å². The number of nitrogens with zero attached hydrogens (tertiary/aromatic N) is 7. The van der Waals surface area contributed by atoms with E-state index in [2.05, 4.69) is 56.5 Å². The number of aryl methyl sites for hydroxylation is 1. The van der Waals surface area contributed by atoms with Gasteiger partial charge in [0, 0.05) is 51.3 Å². The number of hydrogen-bond acceptors (Lipinski definition) is 6. The van der Waals surface area contributed by atoms with Gasteiger partial charge in [0.25, 0.3) is 0 Å². The number of pyridine rings is 1. The second-order valence-electron chi connectivity index (χ2n) is 8.37. The van der Waals surface area contributed by atoms with Gasteiger partial charge >= 0.3 is 0 Å². The number of likely N-dealkylation sites (N-methyl/N-ethyl adjacent to an activating group) is 1. The summed E-state index contributed by atoms with van der Waals surface area (Å²) < 4.78 is 2.15. The lowest BCUT2D eigenvalue weighted by Gasteiger charge is -2.33. The number of aromatic nitrogens is 4. The van der Waals surface area contributed by atoms with Crippen LogP contribution in [0.5, 0.6) is 0 Å². The molecule has 7 nitrogen and oxygen atoms in total. The summed E-state index contributed by atoms with van der Waals surface area (Å²) in [5, 5.41) is 0. The molecule has 0 radical (unpaired) electrons. The van der Waals surface area contributed by atoms with Gasteiger partial charge in [-0.15, -0.1) is 0 Å². The number of piperazine rings is 1. The first-order chi connectivity index (χ1) is 14.2. The van der Waals surface area contributed by atoms with Crippen LogP contribution in [0.2, 0.25) is 0 Å². The lowest BCUT2D eigenvalue weighted by molar-refractivity contribution is 0.206. The summed E-state index contributed by atoms with van der Waals surface area (Å²) >= 11 is 0. The molecule has 1 fully saturated rings. The molecule has 1 atom stereocenters. The molecular formula is C22H29N7. The fourth-order valence-electron chi connectivity index (χ4n) is 4.65. The van der Waals surface area contributed by atoms with Crippen molar-refractivity contribution in [2.24, 2.45) is 0 Å². The molecule has 0 spiro atoms. The predicted octanol–water partition coefficient (Wildman–Crippen LogP) is 2.39. The zero-order valence-corrected chi connectivity index (χ0v) is 17.3. The van der Waals surface area contributed by atoms with E-state index >= 15 is 0 Å². The van der Waals surface area contributed by atoms with Crippen molar-refractivity contribution in [2.45, 2.75) is 31.8 Å². The van der Waals surface area contributed by atoms with Crippen molar-refractivity contribution in [2.75, 3.05) is 45.2 Å². The highest BCUT2D eigenvalue weighted by Crippen LogP contribution is 2.32. The Kier molecular flexibility index (Phi) is 4.93. The molecule has 2 aliphatic rings. The molecule has 3 aromatic heterocycles. The summed E-state index contributed by atoms with van der Waals surface area (Å²) in [7, 11) is 4.37. The Bertz CT molecular complexity index is 990. The van der Waals surface area contributed by atoms with Crippen molar-refractivity contribution in [3.05, 3.63) is 53.7 Å². The van der Waals surface area contributed by atoms with E-state index in [4.69, 9.17) is 9.97 Å². The quantitative estimate of drug-likeness (QED) is 0.681. The van der Waals surface area contributed by atoms with Gasteiger partial charge in [0.15, 0.2) is 0 Å². The normalized spacial score (nSPS) is 20.4. The second-order valence-corrected chi connectivity index (χ2v) is 8.37. The highest BCUT2D eigenvalue weighted by Gasteiger charge is 2.25. The minimum absolute atomic E-state index is 0.361. The van der Waals surface area contributed by atoms with Crippen molar-refractivity contribution in [1.82, 2.24) is 29.2 Å². The number of anilines is 1. The smallest absolute Gasteiger partial charge is 0.211 e. The van der Waals surface area contributed by atoms with Crippen molar-refractivity contribution < 1.29 is 0 Å². The highest BCUT2D eigenvalue weighted by molar-refractivity contribution is 5.48. The van der Waals surface area contributed by atoms with Gasteiger partial charge in [-0.3, -0.25) is 14.3 Å². The van der Waals surface area contributed by atoms with E-state index in [0.717, 1.165) is 62.9 Å². The van der Waals surface area contributed by atoms with Crippen LogP contribution in [0.4, 0.5) is 5.95 Å². The average Bonchev–Trinajstić information content (AvgIpc) is 3.16. The highest BCUT2D eigenvalue weighted by atomic mass is 15.3. The van der Waals surface area contributed by atoms with Crippen LogP contribution in [0.25, 0.3) is 5.65 Å². The third kappa shape index (κ3) is 3.60. The lowest BCUT2D eigenvalue weighted by Crippen LogP contribution is -2.45. The molecular weight excluding hydrogens is 362 g/mol. The molecule has 0 aromatic carbocycles. The van der Waals surface area contributed by atoms with Gasteiger partial charge in [0.1, 0.15) is 5.65 Å². The van der Waals surface area contributed by atoms with E-state index in [9.17, 15) is 0 Å². The van der Waals surface area contributed by atoms with Gasteiger partial charge in [-0.05, 0) is 51.1 Å². The van der Waals surface area contributed by atoms with Crippen LogP contribution in [-0.4, -0.2) is 69.4 Å². The Balaban J connectivity index is 1.38. The molecule has 3 aromatic rings. The second kappa shape index (κ2) is 7.72. The third-order valence-corrected chi connectivity index (χ3v) is 6.31. The molecule has 4 heterocycles. The fourth-order valence-corrected chi connectivity index (χ4v) is 4.65. The van der Waals surface area contributed by atoms with Gasteiger partial charge in [-0.2, -0.15) is 0 Å². The summed E-state index contributed by atoms with van der Waals surface area (Å²) in [4.78, 5) is 21.4. The van der Waals surface area contributed by atoms with Crippen molar-refractivity contribution >= 4 is 11.6 Å². The van der Waals surface area contributed by atoms with Crippen molar-refractivity contribution in [3.63, 3.8) is 0 Å². The summed E-state index contributed by atoms with van der Waals surface area (Å²) in [6, 6.07) is 6.64. The Hall–Kier alpha value is -2.51. The first kappa shape index (κ1) is 18.5. The molecule has 0 N–H and O–H groups in total. The van der Waals surface area contributed by atoms with Gasteiger partial charge in [0.2, 0.25) is 5.95 Å². The van der Waals surface area contributed by atoms with Crippen LogP contribution >= 0.6 is 0 Å². The number of fused-ring (bicyclic) bond motifs is 2. The minimum Gasteiger partial charge on any atom is -0.339 e. The van der Waals surface area contributed by atoms with E-state index < -0.39 is 0 Å². The van der Waals surface area contributed by atoms with Crippen LogP contribution in [-0.2, 0) is 13.0 Å². The number of rotatable bonds is 4. The topological polar surface area (TPSA) is 52.8 Å². The van der Waals surface area contributed by atoms with E-state index in [-0.39, 0.29) is 0 Å². The molecule has 1 aliphatic carbocycles. The van der Waals surface area contributed by atoms with Gasteiger partial charge < -0.3 is 9.80 Å². The van der Waals surface area contributed by atoms with Gasteiger partial charge in [-0.1, -0.05) is 6.07 Å². The zero-order valence-electron chi connectivity index (χ0n) is 17.3. The summed E-state index contributed by atoms with van der Waals surface area (Å²) in [5.74, 6) is 1.00. The predicted molar refractivity (Wildman–Crippen MR) is 114 cm³/mol. The molecule has 0 bridgehead atoms. The molecule has 0 amide bonds. The molecule has 1 saturated heterocycles. The molecule has 152 valence electrons. The van der Waals surface area contributed by atoms with Gasteiger partial charge in [-0.25, -0.2) is 9.97 Å². The zero-order chi connectivity index (χ0) is 19.8. The van der Waals surface area contributed by atoms with Crippen LogP contribution in [0, 0.1) is 0 Å². The summed E-state index contributed by atoms with van der Waals surface area (Å²) in [6.07, 6.45) is 9.48. The SMILES string of the molecule is CN1CCN(c2nccc3nc(CN(C)C4CCCc5cccnc54)cn23)CC1. The standard InChI is InChI=1S/C22H29N7/c1-26-11-13-28(14-12-26)22-24-10-8-20-25-18(16-29(20)22)15-27(2)19-7-3-5-17-6-4-9-23-21(17)19/h4,6,8-10,16,19H,3,5,7,11-15H2,1-2H3. The summed E-state index contributed by atoms with van der Waals surface area (Å²) in [5.41, 5.74) is 4.69. The first-order valence-electron chi connectivity index (χ1n) is 10.6. The number of imidazole rings is 1. The Labute approximate surface area is 172 Å². The number of hydrogen-bond donors (Lipinski definition) is 0. The first-order valence-corrected chi connectivity index (χ1v) is 10.6. The maximum atomic E-state index is 4.90. The monoisotopic (exact) mass is 391 g/mol. The minimum atomic E-state index is 0.361. The van der Waals surface area contributed by atoms with Crippen LogP contribution in [0.15, 0.2) is 36.8 Å². The molecule has 5 rings (SSSR count). The van der Waals surface area contributed by atoms with Crippen LogP contribution in [0.1, 0.15) is 35.8 Å². The molecule has 29 heavy (non-hydrogen) atoms.